The van der Waals surface area contributed by atoms with E-state index in [1.54, 1.807) is 0 Å². The Kier molecular flexibility index (Phi) is 14.2. The van der Waals surface area contributed by atoms with E-state index in [9.17, 15) is 63.1 Å². The number of hydrogen-bond donors (Lipinski definition) is 7. The molecule has 0 radical (unpaired) electrons. The van der Waals surface area contributed by atoms with Gasteiger partial charge in [0.2, 0.25) is 11.7 Å². The predicted molar refractivity (Wildman–Crippen MR) is 198 cm³/mol. The summed E-state index contributed by atoms with van der Waals surface area (Å²) in [5.41, 5.74) is 10.7. The fourth-order valence-electron chi connectivity index (χ4n) is 7.11. The summed E-state index contributed by atoms with van der Waals surface area (Å²) in [7, 11) is -21.9. The first-order valence-corrected chi connectivity index (χ1v) is 24.3. The maximum absolute atomic E-state index is 13.1. The predicted octanol–water partition coefficient (Wildman–Crippen LogP) is -6.06. The van der Waals surface area contributed by atoms with Crippen LogP contribution in [0.2, 0.25) is 0 Å². The molecule has 0 aromatic carbocycles. The number of aromatic amines is 1. The third kappa shape index (κ3) is 10.6. The van der Waals surface area contributed by atoms with E-state index in [0.29, 0.717) is 0 Å². The van der Waals surface area contributed by atoms with Gasteiger partial charge < -0.3 is 88.5 Å². The first-order valence-electron chi connectivity index (χ1n) is 18.5. The Morgan fingerprint density at radius 3 is 2.03 bits per heavy atom. The fraction of sp³-hybridized carbons (Fsp3) is 0.643. The Balaban J connectivity index is 1.01. The molecule has 0 spiro atoms. The van der Waals surface area contributed by atoms with E-state index >= 15 is 0 Å². The zero-order valence-electron chi connectivity index (χ0n) is 33.4. The van der Waals surface area contributed by atoms with E-state index in [1.165, 1.54) is 29.4 Å². The van der Waals surface area contributed by atoms with Gasteiger partial charge in [0, 0.05) is 7.11 Å². The lowest BCUT2D eigenvalue weighted by Crippen LogP contribution is -2.46. The number of phosphoric ester groups is 3. The van der Waals surface area contributed by atoms with Crippen molar-refractivity contribution >= 4 is 65.4 Å². The molecule has 37 heteroatoms. The number of nitrogens with two attached hydrogens (primary N) is 2. The molecule has 9 N–H and O–H groups in total. The zero-order valence-corrected chi connectivity index (χ0v) is 37.0. The van der Waals surface area contributed by atoms with E-state index in [-0.39, 0.29) is 34.1 Å². The second-order valence-corrected chi connectivity index (χ2v) is 20.3. The normalized spacial score (nSPS) is 33.3. The van der Waals surface area contributed by atoms with Crippen molar-refractivity contribution in [2.45, 2.75) is 80.4 Å². The van der Waals surface area contributed by atoms with Crippen molar-refractivity contribution < 1.29 is 108 Å². The number of aliphatic hydroxyl groups is 4. The average molecular weight is 1010 g/mol. The summed E-state index contributed by atoms with van der Waals surface area (Å²) in [4.78, 5) is 81.8. The van der Waals surface area contributed by atoms with Gasteiger partial charge >= 0.3 is 5.65 Å². The molecule has 7 rings (SSSR count). The van der Waals surface area contributed by atoms with Crippen LogP contribution in [0, 0.1) is 0 Å². The summed E-state index contributed by atoms with van der Waals surface area (Å²) >= 11 is 0. The largest absolute Gasteiger partial charge is 0.756 e. The molecule has 65 heavy (non-hydrogen) atoms. The van der Waals surface area contributed by atoms with Gasteiger partial charge in [-0.2, -0.15) is 0 Å². The number of ether oxygens (including phenoxy) is 4. The Bertz CT molecular complexity index is 2660. The first kappa shape index (κ1) is 49.6. The van der Waals surface area contributed by atoms with Gasteiger partial charge in [0.25, 0.3) is 42.8 Å². The van der Waals surface area contributed by atoms with Crippen molar-refractivity contribution in [2.75, 3.05) is 38.4 Å². The summed E-state index contributed by atoms with van der Waals surface area (Å²) in [6, 6.07) is 0. The van der Waals surface area contributed by atoms with Gasteiger partial charge in [0.1, 0.15) is 66.8 Å². The molecule has 0 bridgehead atoms. The van der Waals surface area contributed by atoms with Crippen LogP contribution in [0.15, 0.2) is 23.8 Å². The zero-order chi connectivity index (χ0) is 47.6. The van der Waals surface area contributed by atoms with Gasteiger partial charge in [-0.15, -0.1) is 0 Å². The van der Waals surface area contributed by atoms with E-state index in [0.717, 1.165) is 24.3 Å². The van der Waals surface area contributed by atoms with Crippen LogP contribution in [0.1, 0.15) is 19.4 Å². The van der Waals surface area contributed by atoms with Crippen LogP contribution < -0.4 is 41.2 Å². The molecule has 4 aromatic heterocycles. The van der Waals surface area contributed by atoms with Gasteiger partial charge in [-0.3, -0.25) is 37.2 Å². The molecule has 4 aromatic rings. The number of rotatable bonds is 18. The highest BCUT2D eigenvalue weighted by molar-refractivity contribution is 7.65. The number of aromatic nitrogens is 8. The molecule has 7 unspecified atom stereocenters. The van der Waals surface area contributed by atoms with Crippen LogP contribution in [0.5, 0.6) is 0 Å². The van der Waals surface area contributed by atoms with Gasteiger partial charge in [-0.1, -0.05) is 4.98 Å². The lowest BCUT2D eigenvalue weighted by atomic mass is 10.1. The Labute approximate surface area is 362 Å². The van der Waals surface area contributed by atoms with Crippen LogP contribution in [-0.4, -0.2) is 142 Å². The van der Waals surface area contributed by atoms with Gasteiger partial charge in [0.15, 0.2) is 24.0 Å². The number of aryl methyl sites for hydroxylation is 1. The summed E-state index contributed by atoms with van der Waals surface area (Å²) in [6.07, 6.45) is -15.6. The summed E-state index contributed by atoms with van der Waals surface area (Å²) in [6.45, 7) is -2.04. The minimum atomic E-state index is -6.53. The number of hydrogen-bond acceptors (Lipinski definition) is 29. The maximum atomic E-state index is 13.1. The minimum absolute atomic E-state index is 0.00687. The number of anilines is 2. The molecule has 16 atom stereocenters. The molecule has 0 saturated carbocycles. The molecule has 0 aliphatic carbocycles. The van der Waals surface area contributed by atoms with Crippen LogP contribution >= 0.6 is 31.3 Å². The third-order valence-electron chi connectivity index (χ3n) is 10.1. The molecular weight excluding hydrogens is 968 g/mol. The highest BCUT2D eigenvalue weighted by Crippen LogP contribution is 2.63. The first-order chi connectivity index (χ1) is 30.3. The number of aliphatic hydroxyl groups excluding tert-OH is 4. The Morgan fingerprint density at radius 2 is 1.42 bits per heavy atom. The smallest absolute Gasteiger partial charge is 0.313 e. The lowest BCUT2D eigenvalue weighted by molar-refractivity contribution is -0.745. The number of nitrogen functional groups attached to an aromatic ring is 2. The van der Waals surface area contributed by atoms with Crippen molar-refractivity contribution in [3.8, 4) is 0 Å². The van der Waals surface area contributed by atoms with Gasteiger partial charge in [-0.05, 0) is 6.92 Å². The van der Waals surface area contributed by atoms with Crippen molar-refractivity contribution in [3.05, 3.63) is 29.3 Å². The molecule has 3 saturated heterocycles. The molecule has 362 valence electrons. The number of imidazole rings is 2. The SMILES string of the molecule is CO[C@H]1C(OP(=O)([O-])OC[C@H]2O[C@@H](C)[C@@H](O)C2O)[C@@H](COP(=O)([O-])OP(=O)([O-])OP(=O)([O-])OC[C@H]2O[C@@H]([n+]3cn(C)c4c(=O)[nH]c(N)nc43)[C@@H](O)C2O)O[C@H]1n1cnc2c(N)ncnc21. The molecule has 7 heterocycles. The van der Waals surface area contributed by atoms with E-state index in [4.69, 9.17) is 39.5 Å². The molecule has 0 amide bonds. The number of fused-ring (bicyclic) bond motifs is 2. The average Bonchev–Trinajstić information content (AvgIpc) is 3.99. The standard InChI is InChI=1S/C28H42N10O23P4/c1-10-16(39)17(40)11(56-10)4-53-62(44,45)59-20-13(58-27(21(20)52-3)37-8-33-14-22(29)31-7-32-23(14)37)6-55-64(48,49)61-65(50,51)60-63(46,47)54-5-12-18(41)19(42)26(57-12)38-9-36(2)15-24(38)34-28(30)35-25(15)43/h7-13,16-21,26-27,39-42H,4-6H2,1-3H3,(H8-,29,30,31,32,34,35,43,44,45,46,47,48,49,50,51)/p-3/t10-,11+,12+,13+,16+,17?,18?,19-,20?,21-,26+,27+/m0/s1. The fourth-order valence-corrected chi connectivity index (χ4v) is 11.4. The van der Waals surface area contributed by atoms with E-state index in [2.05, 4.69) is 42.6 Å². The van der Waals surface area contributed by atoms with Crippen molar-refractivity contribution in [1.29, 1.82) is 0 Å². The third-order valence-corrected chi connectivity index (χ3v) is 15.2. The Morgan fingerprint density at radius 1 is 0.815 bits per heavy atom. The minimum Gasteiger partial charge on any atom is -0.756 e. The van der Waals surface area contributed by atoms with E-state index in [1.807, 2.05) is 0 Å². The molecule has 3 aliphatic heterocycles. The Hall–Kier alpha value is -3.30. The van der Waals surface area contributed by atoms with Gasteiger partial charge in [0.05, 0.1) is 39.3 Å². The molecular formula is C28H39N10O23P4-3. The summed E-state index contributed by atoms with van der Waals surface area (Å²) in [5.74, 6) is -0.403. The quantitative estimate of drug-likeness (QED) is 0.0360. The van der Waals surface area contributed by atoms with Crippen LogP contribution in [-0.2, 0) is 71.0 Å². The summed E-state index contributed by atoms with van der Waals surface area (Å²) < 4.78 is 104. The topological polar surface area (TPSA) is 484 Å². The van der Waals surface area contributed by atoms with Crippen LogP contribution in [0.3, 0.4) is 0 Å². The van der Waals surface area contributed by atoms with Crippen molar-refractivity contribution in [2.24, 2.45) is 7.05 Å². The van der Waals surface area contributed by atoms with Gasteiger partial charge in [-0.25, -0.2) is 28.1 Å². The molecule has 33 nitrogen and oxygen atoms in total. The summed E-state index contributed by atoms with van der Waals surface area (Å²) in [5, 5.41) is 41.4. The second-order valence-electron chi connectivity index (χ2n) is 14.4. The second kappa shape index (κ2) is 18.7. The number of methoxy groups -OCH3 is 1. The number of nitrogens with one attached hydrogen (secondary N) is 1. The lowest BCUT2D eigenvalue weighted by Gasteiger charge is -2.35. The molecule has 3 fully saturated rings. The molecule has 3 aliphatic rings. The van der Waals surface area contributed by atoms with Crippen LogP contribution in [0.4, 0.5) is 11.8 Å². The number of nitrogens with zero attached hydrogens (tertiary/aromatic N) is 7. The number of H-pyrrole nitrogens is 1. The maximum Gasteiger partial charge on any atom is 0.313 e. The van der Waals surface area contributed by atoms with Crippen molar-refractivity contribution in [1.82, 2.24) is 34.1 Å². The highest BCUT2D eigenvalue weighted by atomic mass is 31.3. The van der Waals surface area contributed by atoms with E-state index < -0.39 is 130 Å². The monoisotopic (exact) mass is 1010 g/mol. The van der Waals surface area contributed by atoms with Crippen LogP contribution in [0.25, 0.3) is 22.3 Å². The highest BCUT2D eigenvalue weighted by Gasteiger charge is 2.51. The number of phosphoric acid groups is 4. The van der Waals surface area contributed by atoms with Crippen molar-refractivity contribution in [3.63, 3.8) is 0 Å².